The molecule has 1 heterocycles. The normalized spacial score (nSPS) is 11.3. The molecule has 0 saturated carbocycles. The first-order valence-corrected chi connectivity index (χ1v) is 8.42. The van der Waals surface area contributed by atoms with Crippen molar-refractivity contribution < 1.29 is 0 Å². The van der Waals surface area contributed by atoms with Crippen LogP contribution in [0.5, 0.6) is 0 Å². The number of hydrogen-bond acceptors (Lipinski definition) is 2. The Bertz CT molecular complexity index is 575. The molecule has 0 fully saturated rings. The molecule has 3 nitrogen and oxygen atoms in total. The van der Waals surface area contributed by atoms with Gasteiger partial charge in [0.1, 0.15) is 5.82 Å². The Kier molecular flexibility index (Phi) is 6.00. The van der Waals surface area contributed by atoms with E-state index < -0.39 is 0 Å². The van der Waals surface area contributed by atoms with E-state index in [0.29, 0.717) is 5.92 Å². The molecule has 0 aliphatic heterocycles. The van der Waals surface area contributed by atoms with Gasteiger partial charge in [0.2, 0.25) is 0 Å². The second-order valence-corrected chi connectivity index (χ2v) is 6.68. The SMILES string of the molecule is CCCc1nccn1-c1cc(Br)ccc1CNCC(C)C. The zero-order valence-corrected chi connectivity index (χ0v) is 14.7. The molecule has 1 aromatic carbocycles. The van der Waals surface area contributed by atoms with E-state index in [2.05, 4.69) is 76.0 Å². The van der Waals surface area contributed by atoms with Gasteiger partial charge in [0, 0.05) is 29.8 Å². The molecule has 1 N–H and O–H groups in total. The highest BCUT2D eigenvalue weighted by Crippen LogP contribution is 2.22. The lowest BCUT2D eigenvalue weighted by molar-refractivity contribution is 0.551. The van der Waals surface area contributed by atoms with Crippen LogP contribution in [0.25, 0.3) is 5.69 Å². The second kappa shape index (κ2) is 7.76. The number of aryl methyl sites for hydroxylation is 1. The van der Waals surface area contributed by atoms with Crippen molar-refractivity contribution in [1.29, 1.82) is 0 Å². The molecule has 4 heteroatoms. The first-order chi connectivity index (χ1) is 10.1. The number of rotatable bonds is 7. The minimum absolute atomic E-state index is 0.660. The largest absolute Gasteiger partial charge is 0.312 e. The number of halogens is 1. The number of imidazole rings is 1. The molecule has 0 atom stereocenters. The lowest BCUT2D eigenvalue weighted by Crippen LogP contribution is -2.20. The van der Waals surface area contributed by atoms with Crippen LogP contribution >= 0.6 is 15.9 Å². The van der Waals surface area contributed by atoms with Crippen molar-refractivity contribution in [1.82, 2.24) is 14.9 Å². The van der Waals surface area contributed by atoms with Crippen molar-refractivity contribution in [3.8, 4) is 5.69 Å². The summed E-state index contributed by atoms with van der Waals surface area (Å²) >= 11 is 3.58. The van der Waals surface area contributed by atoms with Crippen LogP contribution in [-0.4, -0.2) is 16.1 Å². The van der Waals surface area contributed by atoms with Gasteiger partial charge in [0.15, 0.2) is 0 Å². The monoisotopic (exact) mass is 349 g/mol. The summed E-state index contributed by atoms with van der Waals surface area (Å²) in [6, 6.07) is 6.46. The van der Waals surface area contributed by atoms with Crippen molar-refractivity contribution in [2.45, 2.75) is 40.2 Å². The van der Waals surface area contributed by atoms with Gasteiger partial charge in [-0.2, -0.15) is 0 Å². The Morgan fingerprint density at radius 1 is 1.33 bits per heavy atom. The molecule has 0 bridgehead atoms. The van der Waals surface area contributed by atoms with Crippen LogP contribution < -0.4 is 5.32 Å². The zero-order chi connectivity index (χ0) is 15.2. The van der Waals surface area contributed by atoms with Crippen LogP contribution in [0.15, 0.2) is 35.1 Å². The Balaban J connectivity index is 2.28. The number of aromatic nitrogens is 2. The fourth-order valence-corrected chi connectivity index (χ4v) is 2.72. The molecule has 0 aliphatic rings. The van der Waals surface area contributed by atoms with E-state index >= 15 is 0 Å². The molecule has 21 heavy (non-hydrogen) atoms. The standard InChI is InChI=1S/C17H24BrN3/c1-4-5-17-20-8-9-21(17)16-10-15(18)7-6-14(16)12-19-11-13(2)3/h6-10,13,19H,4-5,11-12H2,1-3H3. The predicted molar refractivity (Wildman–Crippen MR) is 91.8 cm³/mol. The average molecular weight is 350 g/mol. The molecular formula is C17H24BrN3. The maximum atomic E-state index is 4.49. The minimum Gasteiger partial charge on any atom is -0.312 e. The van der Waals surface area contributed by atoms with Gasteiger partial charge >= 0.3 is 0 Å². The van der Waals surface area contributed by atoms with Crippen molar-refractivity contribution >= 4 is 15.9 Å². The van der Waals surface area contributed by atoms with E-state index in [1.807, 2.05) is 6.20 Å². The van der Waals surface area contributed by atoms with Gasteiger partial charge in [-0.05, 0) is 36.6 Å². The predicted octanol–water partition coefficient (Wildman–Crippen LogP) is 4.33. The van der Waals surface area contributed by atoms with Crippen molar-refractivity contribution in [2.75, 3.05) is 6.54 Å². The smallest absolute Gasteiger partial charge is 0.113 e. The highest BCUT2D eigenvalue weighted by atomic mass is 79.9. The molecule has 1 aromatic heterocycles. The third-order valence-electron chi connectivity index (χ3n) is 3.37. The Morgan fingerprint density at radius 3 is 2.86 bits per heavy atom. The highest BCUT2D eigenvalue weighted by Gasteiger charge is 2.10. The Morgan fingerprint density at radius 2 is 2.14 bits per heavy atom. The summed E-state index contributed by atoms with van der Waals surface area (Å²) < 4.78 is 3.31. The van der Waals surface area contributed by atoms with Crippen LogP contribution in [0.1, 0.15) is 38.6 Å². The molecule has 0 aliphatic carbocycles. The Labute approximate surface area is 135 Å². The van der Waals surface area contributed by atoms with Crippen LogP contribution in [0.3, 0.4) is 0 Å². The molecule has 0 spiro atoms. The quantitative estimate of drug-likeness (QED) is 0.805. The molecule has 2 aromatic rings. The van der Waals surface area contributed by atoms with E-state index in [4.69, 9.17) is 0 Å². The molecule has 0 amide bonds. The first kappa shape index (κ1) is 16.2. The van der Waals surface area contributed by atoms with Gasteiger partial charge in [0.25, 0.3) is 0 Å². The lowest BCUT2D eigenvalue weighted by atomic mass is 10.1. The van der Waals surface area contributed by atoms with Gasteiger partial charge in [-0.15, -0.1) is 0 Å². The second-order valence-electron chi connectivity index (χ2n) is 5.76. The van der Waals surface area contributed by atoms with Crippen LogP contribution in [-0.2, 0) is 13.0 Å². The van der Waals surface area contributed by atoms with Crippen LogP contribution in [0.4, 0.5) is 0 Å². The highest BCUT2D eigenvalue weighted by molar-refractivity contribution is 9.10. The maximum Gasteiger partial charge on any atom is 0.113 e. The number of hydrogen-bond donors (Lipinski definition) is 1. The average Bonchev–Trinajstić information content (AvgIpc) is 2.88. The van der Waals surface area contributed by atoms with E-state index in [1.165, 1.54) is 11.3 Å². The van der Waals surface area contributed by atoms with Crippen LogP contribution in [0.2, 0.25) is 0 Å². The molecule has 2 rings (SSSR count). The van der Waals surface area contributed by atoms with E-state index in [0.717, 1.165) is 36.2 Å². The van der Waals surface area contributed by atoms with E-state index in [-0.39, 0.29) is 0 Å². The summed E-state index contributed by atoms with van der Waals surface area (Å²) in [5.41, 5.74) is 2.51. The van der Waals surface area contributed by atoms with Crippen LogP contribution in [0, 0.1) is 5.92 Å². The summed E-state index contributed by atoms with van der Waals surface area (Å²) in [5.74, 6) is 1.79. The third kappa shape index (κ3) is 4.42. The topological polar surface area (TPSA) is 29.9 Å². The first-order valence-electron chi connectivity index (χ1n) is 7.63. The van der Waals surface area contributed by atoms with Gasteiger partial charge in [-0.3, -0.25) is 0 Å². The number of nitrogens with one attached hydrogen (secondary N) is 1. The van der Waals surface area contributed by atoms with Gasteiger partial charge in [-0.25, -0.2) is 4.98 Å². The van der Waals surface area contributed by atoms with Crippen molar-refractivity contribution in [3.63, 3.8) is 0 Å². The van der Waals surface area contributed by atoms with Crippen molar-refractivity contribution in [2.24, 2.45) is 5.92 Å². The fraction of sp³-hybridized carbons (Fsp3) is 0.471. The molecule has 114 valence electrons. The molecule has 0 unspecified atom stereocenters. The van der Waals surface area contributed by atoms with Crippen molar-refractivity contribution in [3.05, 3.63) is 46.5 Å². The lowest BCUT2D eigenvalue weighted by Gasteiger charge is -2.15. The summed E-state index contributed by atoms with van der Waals surface area (Å²) in [6.07, 6.45) is 6.04. The number of benzene rings is 1. The minimum atomic E-state index is 0.660. The fourth-order valence-electron chi connectivity index (χ4n) is 2.37. The zero-order valence-electron chi connectivity index (χ0n) is 13.1. The molecular weight excluding hydrogens is 326 g/mol. The molecule has 0 radical (unpaired) electrons. The van der Waals surface area contributed by atoms with Gasteiger partial charge in [-0.1, -0.05) is 42.8 Å². The summed E-state index contributed by atoms with van der Waals surface area (Å²) in [5, 5.41) is 3.53. The van der Waals surface area contributed by atoms with Gasteiger partial charge in [0.05, 0.1) is 5.69 Å². The summed E-state index contributed by atoms with van der Waals surface area (Å²) in [7, 11) is 0. The third-order valence-corrected chi connectivity index (χ3v) is 3.86. The summed E-state index contributed by atoms with van der Waals surface area (Å²) in [4.78, 5) is 4.49. The van der Waals surface area contributed by atoms with Gasteiger partial charge < -0.3 is 9.88 Å². The maximum absolute atomic E-state index is 4.49. The molecule has 0 saturated heterocycles. The van der Waals surface area contributed by atoms with E-state index in [1.54, 1.807) is 0 Å². The van der Waals surface area contributed by atoms with E-state index in [9.17, 15) is 0 Å². The summed E-state index contributed by atoms with van der Waals surface area (Å²) in [6.45, 7) is 8.55. The Hall–Kier alpha value is -1.13. The number of nitrogens with zero attached hydrogens (tertiary/aromatic N) is 2.